The van der Waals surface area contributed by atoms with Gasteiger partial charge in [0.05, 0.1) is 0 Å². The molecule has 19 heavy (non-hydrogen) atoms. The molecule has 1 fully saturated rings. The molecule has 2 aliphatic carbocycles. The summed E-state index contributed by atoms with van der Waals surface area (Å²) in [5.74, 6) is 0. The summed E-state index contributed by atoms with van der Waals surface area (Å²) in [6, 6.07) is 10.4. The summed E-state index contributed by atoms with van der Waals surface area (Å²) >= 11 is 0. The van der Waals surface area contributed by atoms with Crippen LogP contribution in [0.4, 0.5) is 0 Å². The fraction of sp³-hybridized carbons (Fsp3) is 0.667. The molecule has 3 rings (SSSR count). The fourth-order valence-electron chi connectivity index (χ4n) is 4.01. The van der Waals surface area contributed by atoms with E-state index in [-0.39, 0.29) is 0 Å². The Morgan fingerprint density at radius 3 is 2.63 bits per heavy atom. The third-order valence-corrected chi connectivity index (χ3v) is 5.02. The van der Waals surface area contributed by atoms with Gasteiger partial charge in [-0.15, -0.1) is 0 Å². The molecule has 0 heterocycles. The van der Waals surface area contributed by atoms with Gasteiger partial charge in [0, 0.05) is 12.1 Å². The topological polar surface area (TPSA) is 12.0 Å². The van der Waals surface area contributed by atoms with Crippen molar-refractivity contribution in [2.45, 2.75) is 70.9 Å². The lowest BCUT2D eigenvalue weighted by molar-refractivity contribution is 0.186. The van der Waals surface area contributed by atoms with Crippen molar-refractivity contribution in [3.05, 3.63) is 35.4 Å². The highest BCUT2D eigenvalue weighted by Gasteiger charge is 2.29. The van der Waals surface area contributed by atoms with Gasteiger partial charge in [0.2, 0.25) is 0 Å². The molecule has 0 aliphatic heterocycles. The Hall–Kier alpha value is -0.820. The number of hydrogen-bond donors (Lipinski definition) is 1. The highest BCUT2D eigenvalue weighted by Crippen LogP contribution is 2.35. The molecule has 1 saturated carbocycles. The van der Waals surface area contributed by atoms with E-state index < -0.39 is 0 Å². The summed E-state index contributed by atoms with van der Waals surface area (Å²) in [7, 11) is 0. The molecule has 1 heteroatoms. The summed E-state index contributed by atoms with van der Waals surface area (Å²) in [5.41, 5.74) is 3.69. The first-order chi connectivity index (χ1) is 9.12. The second-order valence-corrected chi connectivity index (χ2v) is 7.33. The smallest absolute Gasteiger partial charge is 0.0113 e. The van der Waals surface area contributed by atoms with Crippen LogP contribution in [0, 0.1) is 5.41 Å². The van der Waals surface area contributed by atoms with Crippen molar-refractivity contribution < 1.29 is 0 Å². The van der Waals surface area contributed by atoms with Gasteiger partial charge in [0.15, 0.2) is 0 Å². The third kappa shape index (κ3) is 3.20. The molecule has 1 nitrogen and oxygen atoms in total. The molecule has 0 bridgehead atoms. The van der Waals surface area contributed by atoms with Gasteiger partial charge in [0.1, 0.15) is 0 Å². The van der Waals surface area contributed by atoms with Crippen molar-refractivity contribution >= 4 is 0 Å². The molecule has 0 spiro atoms. The zero-order valence-electron chi connectivity index (χ0n) is 12.4. The lowest BCUT2D eigenvalue weighted by Crippen LogP contribution is -2.45. The van der Waals surface area contributed by atoms with Gasteiger partial charge in [-0.3, -0.25) is 0 Å². The Labute approximate surface area is 117 Å². The van der Waals surface area contributed by atoms with Crippen LogP contribution in [0.25, 0.3) is 0 Å². The quantitative estimate of drug-likeness (QED) is 0.841. The van der Waals surface area contributed by atoms with Crippen LogP contribution in [-0.4, -0.2) is 12.1 Å². The van der Waals surface area contributed by atoms with Gasteiger partial charge in [-0.05, 0) is 55.1 Å². The first-order valence-corrected chi connectivity index (χ1v) is 7.95. The minimum Gasteiger partial charge on any atom is -0.311 e. The predicted octanol–water partition coefficient (Wildman–Crippen LogP) is 4.10. The molecular weight excluding hydrogens is 230 g/mol. The average molecular weight is 257 g/mol. The monoisotopic (exact) mass is 257 g/mol. The molecule has 0 radical (unpaired) electrons. The lowest BCUT2D eigenvalue weighted by atomic mass is 9.74. The van der Waals surface area contributed by atoms with E-state index in [1.54, 1.807) is 11.1 Å². The fourth-order valence-corrected chi connectivity index (χ4v) is 4.01. The van der Waals surface area contributed by atoms with Gasteiger partial charge in [-0.2, -0.15) is 0 Å². The van der Waals surface area contributed by atoms with Gasteiger partial charge >= 0.3 is 0 Å². The second-order valence-electron chi connectivity index (χ2n) is 7.33. The summed E-state index contributed by atoms with van der Waals surface area (Å²) in [6.45, 7) is 4.86. The predicted molar refractivity (Wildman–Crippen MR) is 81.4 cm³/mol. The highest BCUT2D eigenvalue weighted by molar-refractivity contribution is 5.30. The maximum absolute atomic E-state index is 3.95. The van der Waals surface area contributed by atoms with Gasteiger partial charge in [-0.1, -0.05) is 44.5 Å². The molecule has 1 aromatic rings. The number of nitrogens with one attached hydrogen (secondary N) is 1. The van der Waals surface area contributed by atoms with Crippen molar-refractivity contribution in [1.82, 2.24) is 5.32 Å². The molecule has 0 aromatic heterocycles. The molecule has 2 unspecified atom stereocenters. The van der Waals surface area contributed by atoms with Crippen LogP contribution in [-0.2, 0) is 12.8 Å². The normalized spacial score (nSPS) is 29.8. The summed E-state index contributed by atoms with van der Waals surface area (Å²) in [6.07, 6.45) is 9.32. The van der Waals surface area contributed by atoms with E-state index in [0.29, 0.717) is 11.5 Å². The average Bonchev–Trinajstić information content (AvgIpc) is 2.37. The zero-order valence-corrected chi connectivity index (χ0v) is 12.4. The van der Waals surface area contributed by atoms with Crippen molar-refractivity contribution in [2.75, 3.05) is 0 Å². The molecule has 0 saturated heterocycles. The van der Waals surface area contributed by atoms with Crippen LogP contribution >= 0.6 is 0 Å². The Morgan fingerprint density at radius 2 is 1.84 bits per heavy atom. The molecule has 0 amide bonds. The standard InChI is InChI=1S/C18H27N/c1-18(2)11-5-8-17(13-18)19-16-10-9-14-6-3-4-7-15(14)12-16/h3-4,6-7,16-17,19H,5,8-13H2,1-2H3. The van der Waals surface area contributed by atoms with Crippen molar-refractivity contribution in [3.8, 4) is 0 Å². The highest BCUT2D eigenvalue weighted by atomic mass is 15.0. The van der Waals surface area contributed by atoms with Crippen LogP contribution in [0.3, 0.4) is 0 Å². The minimum absolute atomic E-state index is 0.544. The first-order valence-electron chi connectivity index (χ1n) is 7.95. The molecule has 2 aliphatic rings. The number of fused-ring (bicyclic) bond motifs is 1. The summed E-state index contributed by atoms with van der Waals surface area (Å²) < 4.78 is 0. The van der Waals surface area contributed by atoms with E-state index in [4.69, 9.17) is 0 Å². The van der Waals surface area contributed by atoms with Gasteiger partial charge < -0.3 is 5.32 Å². The van der Waals surface area contributed by atoms with E-state index in [9.17, 15) is 0 Å². The maximum Gasteiger partial charge on any atom is 0.0113 e. The minimum atomic E-state index is 0.544. The molecule has 104 valence electrons. The lowest BCUT2D eigenvalue weighted by Gasteiger charge is -2.38. The van der Waals surface area contributed by atoms with Crippen LogP contribution < -0.4 is 5.32 Å². The maximum atomic E-state index is 3.95. The van der Waals surface area contributed by atoms with Crippen molar-refractivity contribution in [3.63, 3.8) is 0 Å². The summed E-state index contributed by atoms with van der Waals surface area (Å²) in [5, 5.41) is 3.95. The molecule has 1 N–H and O–H groups in total. The molecule has 2 atom stereocenters. The van der Waals surface area contributed by atoms with Crippen molar-refractivity contribution in [1.29, 1.82) is 0 Å². The van der Waals surface area contributed by atoms with E-state index in [1.807, 2.05) is 0 Å². The Bertz CT molecular complexity index is 435. The molecular formula is C18H27N. The molecule has 1 aromatic carbocycles. The number of benzene rings is 1. The van der Waals surface area contributed by atoms with Crippen LogP contribution in [0.5, 0.6) is 0 Å². The van der Waals surface area contributed by atoms with E-state index in [1.165, 1.54) is 44.9 Å². The van der Waals surface area contributed by atoms with E-state index in [2.05, 4.69) is 43.4 Å². The third-order valence-electron chi connectivity index (χ3n) is 5.02. The van der Waals surface area contributed by atoms with Crippen molar-refractivity contribution in [2.24, 2.45) is 5.41 Å². The Kier molecular flexibility index (Phi) is 3.66. The zero-order chi connectivity index (χ0) is 13.3. The SMILES string of the molecule is CC1(C)CCCC(NC2CCc3ccccc3C2)C1. The number of hydrogen-bond acceptors (Lipinski definition) is 1. The number of rotatable bonds is 2. The van der Waals surface area contributed by atoms with Gasteiger partial charge in [0.25, 0.3) is 0 Å². The first kappa shape index (κ1) is 13.2. The van der Waals surface area contributed by atoms with Crippen LogP contribution in [0.15, 0.2) is 24.3 Å². The van der Waals surface area contributed by atoms with Crippen LogP contribution in [0.1, 0.15) is 57.1 Å². The largest absolute Gasteiger partial charge is 0.311 e. The van der Waals surface area contributed by atoms with E-state index >= 15 is 0 Å². The Balaban J connectivity index is 1.60. The van der Waals surface area contributed by atoms with Crippen LogP contribution in [0.2, 0.25) is 0 Å². The Morgan fingerprint density at radius 1 is 1.05 bits per heavy atom. The van der Waals surface area contributed by atoms with Gasteiger partial charge in [-0.25, -0.2) is 0 Å². The number of aryl methyl sites for hydroxylation is 1. The second kappa shape index (κ2) is 5.28. The van der Waals surface area contributed by atoms with E-state index in [0.717, 1.165) is 6.04 Å². The summed E-state index contributed by atoms with van der Waals surface area (Å²) in [4.78, 5) is 0.